The fraction of sp³-hybridized carbons (Fsp3) is 1.00. The number of hydrogen-bond acceptors (Lipinski definition) is 2. The Morgan fingerprint density at radius 1 is 1.86 bits per heavy atom. The number of alkyl halides is 1. The predicted molar refractivity (Wildman–Crippen MR) is 38.5 cm³/mol. The second-order valence-electron chi connectivity index (χ2n) is 1.33. The summed E-state index contributed by atoms with van der Waals surface area (Å²) < 4.78 is -0.0115. The Bertz CT molecular complexity index is 57.7. The molecular formula is C4H8INO. The third-order valence-electron chi connectivity index (χ3n) is 0.641. The number of nitroso groups, excluding NO2 is 1. The zero-order valence-electron chi connectivity index (χ0n) is 4.22. The first-order valence-corrected chi connectivity index (χ1v) is 3.52. The van der Waals surface area contributed by atoms with Gasteiger partial charge in [0.2, 0.25) is 0 Å². The minimum absolute atomic E-state index is 0.0115. The lowest BCUT2D eigenvalue weighted by Gasteiger charge is -1.91. The average Bonchev–Trinajstić information content (AvgIpc) is 1.68. The Kier molecular flexibility index (Phi) is 4.70. The van der Waals surface area contributed by atoms with E-state index in [1.54, 1.807) is 0 Å². The Morgan fingerprint density at radius 2 is 2.43 bits per heavy atom. The van der Waals surface area contributed by atoms with Gasteiger partial charge in [0.05, 0.1) is 0 Å². The van der Waals surface area contributed by atoms with Crippen LogP contribution in [0.15, 0.2) is 5.18 Å². The molecule has 0 aromatic rings. The molecule has 0 aliphatic rings. The molecule has 0 bridgehead atoms. The van der Waals surface area contributed by atoms with E-state index in [-0.39, 0.29) is 4.05 Å². The lowest BCUT2D eigenvalue weighted by atomic mass is 10.3. The van der Waals surface area contributed by atoms with Crippen LogP contribution in [-0.4, -0.2) is 4.05 Å². The molecular weight excluding hydrogens is 205 g/mol. The zero-order chi connectivity index (χ0) is 5.70. The second-order valence-corrected chi connectivity index (χ2v) is 2.77. The van der Waals surface area contributed by atoms with Crippen molar-refractivity contribution in [2.24, 2.45) is 5.18 Å². The summed E-state index contributed by atoms with van der Waals surface area (Å²) in [6.07, 6.45) is 1.95. The molecule has 0 aromatic heterocycles. The van der Waals surface area contributed by atoms with Gasteiger partial charge in [0, 0.05) is 0 Å². The van der Waals surface area contributed by atoms with E-state index in [1.807, 2.05) is 29.5 Å². The monoisotopic (exact) mass is 213 g/mol. The number of nitrogens with zero attached hydrogens (tertiary/aromatic N) is 1. The van der Waals surface area contributed by atoms with Gasteiger partial charge in [-0.15, -0.1) is 4.91 Å². The maximum absolute atomic E-state index is 9.64. The maximum Gasteiger partial charge on any atom is 0.143 e. The van der Waals surface area contributed by atoms with E-state index in [1.165, 1.54) is 0 Å². The van der Waals surface area contributed by atoms with Crippen molar-refractivity contribution in [2.75, 3.05) is 0 Å². The minimum Gasteiger partial charge on any atom is -0.150 e. The highest BCUT2D eigenvalue weighted by Gasteiger charge is 1.96. The zero-order valence-corrected chi connectivity index (χ0v) is 6.38. The third-order valence-corrected chi connectivity index (χ3v) is 1.49. The van der Waals surface area contributed by atoms with Crippen LogP contribution in [0.3, 0.4) is 0 Å². The largest absolute Gasteiger partial charge is 0.150 e. The molecule has 0 amide bonds. The Labute approximate surface area is 56.8 Å². The van der Waals surface area contributed by atoms with Crippen molar-refractivity contribution >= 4 is 22.6 Å². The van der Waals surface area contributed by atoms with Crippen molar-refractivity contribution in [1.82, 2.24) is 0 Å². The van der Waals surface area contributed by atoms with E-state index in [2.05, 4.69) is 5.18 Å². The SMILES string of the molecule is CCC[C@H](I)N=O. The molecule has 1 atom stereocenters. The van der Waals surface area contributed by atoms with E-state index in [0.717, 1.165) is 12.8 Å². The van der Waals surface area contributed by atoms with Gasteiger partial charge in [-0.25, -0.2) is 0 Å². The Morgan fingerprint density at radius 3 is 2.57 bits per heavy atom. The first-order valence-electron chi connectivity index (χ1n) is 2.27. The van der Waals surface area contributed by atoms with Crippen molar-refractivity contribution in [3.63, 3.8) is 0 Å². The summed E-state index contributed by atoms with van der Waals surface area (Å²) in [7, 11) is 0. The van der Waals surface area contributed by atoms with Gasteiger partial charge in [0.15, 0.2) is 0 Å². The summed E-state index contributed by atoms with van der Waals surface area (Å²) >= 11 is 2.03. The second kappa shape index (κ2) is 4.49. The van der Waals surface area contributed by atoms with Crippen LogP contribution in [0, 0.1) is 4.91 Å². The summed E-state index contributed by atoms with van der Waals surface area (Å²) in [5.41, 5.74) is 0. The van der Waals surface area contributed by atoms with E-state index in [0.29, 0.717) is 0 Å². The van der Waals surface area contributed by atoms with Gasteiger partial charge >= 0.3 is 0 Å². The van der Waals surface area contributed by atoms with Gasteiger partial charge in [-0.1, -0.05) is 41.1 Å². The molecule has 0 aromatic carbocycles. The molecule has 7 heavy (non-hydrogen) atoms. The van der Waals surface area contributed by atoms with Gasteiger partial charge in [-0.2, -0.15) is 0 Å². The Balaban J connectivity index is 2.98. The molecule has 0 rings (SSSR count). The van der Waals surface area contributed by atoms with Crippen LogP contribution >= 0.6 is 22.6 Å². The summed E-state index contributed by atoms with van der Waals surface area (Å²) in [4.78, 5) is 9.64. The van der Waals surface area contributed by atoms with Crippen molar-refractivity contribution in [1.29, 1.82) is 0 Å². The van der Waals surface area contributed by atoms with Crippen LogP contribution in [0.4, 0.5) is 0 Å². The molecule has 3 heteroatoms. The molecule has 0 aliphatic heterocycles. The highest BCUT2D eigenvalue weighted by molar-refractivity contribution is 14.1. The molecule has 0 saturated heterocycles. The number of halogens is 1. The van der Waals surface area contributed by atoms with Crippen molar-refractivity contribution in [3.05, 3.63) is 4.91 Å². The van der Waals surface area contributed by atoms with Crippen molar-refractivity contribution in [2.45, 2.75) is 23.8 Å². The highest BCUT2D eigenvalue weighted by atomic mass is 127. The number of rotatable bonds is 3. The summed E-state index contributed by atoms with van der Waals surface area (Å²) in [6, 6.07) is 0. The fourth-order valence-corrected chi connectivity index (χ4v) is 0.914. The van der Waals surface area contributed by atoms with Crippen LogP contribution in [-0.2, 0) is 0 Å². The lowest BCUT2D eigenvalue weighted by molar-refractivity contribution is 0.783. The lowest BCUT2D eigenvalue weighted by Crippen LogP contribution is -1.87. The van der Waals surface area contributed by atoms with Crippen LogP contribution in [0.2, 0.25) is 0 Å². The van der Waals surface area contributed by atoms with Gasteiger partial charge < -0.3 is 0 Å². The quantitative estimate of drug-likeness (QED) is 0.306. The van der Waals surface area contributed by atoms with Crippen LogP contribution in [0.25, 0.3) is 0 Å². The number of hydrogen-bond donors (Lipinski definition) is 0. The van der Waals surface area contributed by atoms with E-state index in [4.69, 9.17) is 0 Å². The molecule has 2 nitrogen and oxygen atoms in total. The van der Waals surface area contributed by atoms with Crippen LogP contribution in [0.5, 0.6) is 0 Å². The molecule has 0 radical (unpaired) electrons. The molecule has 42 valence electrons. The molecule has 0 fully saturated rings. The van der Waals surface area contributed by atoms with Crippen LogP contribution in [0.1, 0.15) is 19.8 Å². The predicted octanol–water partition coefficient (Wildman–Crippen LogP) is 2.31. The molecule has 0 aliphatic carbocycles. The van der Waals surface area contributed by atoms with Crippen molar-refractivity contribution < 1.29 is 0 Å². The van der Waals surface area contributed by atoms with Gasteiger partial charge in [-0.3, -0.25) is 0 Å². The summed E-state index contributed by atoms with van der Waals surface area (Å²) in [5, 5.41) is 2.81. The molecule has 0 heterocycles. The smallest absolute Gasteiger partial charge is 0.143 e. The summed E-state index contributed by atoms with van der Waals surface area (Å²) in [5.74, 6) is 0. The van der Waals surface area contributed by atoms with E-state index < -0.39 is 0 Å². The topological polar surface area (TPSA) is 29.4 Å². The summed E-state index contributed by atoms with van der Waals surface area (Å²) in [6.45, 7) is 2.04. The Hall–Kier alpha value is 0.330. The molecule has 0 unspecified atom stereocenters. The van der Waals surface area contributed by atoms with E-state index in [9.17, 15) is 4.91 Å². The van der Waals surface area contributed by atoms with E-state index >= 15 is 0 Å². The minimum atomic E-state index is -0.0115. The van der Waals surface area contributed by atoms with Crippen LogP contribution < -0.4 is 0 Å². The normalized spacial score (nSPS) is 13.4. The molecule has 0 N–H and O–H groups in total. The van der Waals surface area contributed by atoms with Gasteiger partial charge in [0.25, 0.3) is 0 Å². The standard InChI is InChI=1S/C4H8INO/c1-2-3-4(5)6-7/h4H,2-3H2,1H3/t4-/m1/s1. The maximum atomic E-state index is 9.64. The van der Waals surface area contributed by atoms with Crippen molar-refractivity contribution in [3.8, 4) is 0 Å². The first kappa shape index (κ1) is 7.33. The fourth-order valence-electron chi connectivity index (χ4n) is 0.291. The third kappa shape index (κ3) is 4.18. The highest BCUT2D eigenvalue weighted by Crippen LogP contribution is 2.07. The van der Waals surface area contributed by atoms with Gasteiger partial charge in [-0.05, 0) is 6.42 Å². The average molecular weight is 213 g/mol. The molecule has 0 spiro atoms. The molecule has 0 saturated carbocycles. The first-order chi connectivity index (χ1) is 3.31. The van der Waals surface area contributed by atoms with Gasteiger partial charge in [0.1, 0.15) is 4.05 Å².